The molecule has 0 saturated carbocycles. The highest BCUT2D eigenvalue weighted by Crippen LogP contribution is 2.13. The molecule has 0 spiro atoms. The Morgan fingerprint density at radius 3 is 1.17 bits per heavy atom. The third-order valence-electron chi connectivity index (χ3n) is 13.0. The van der Waals surface area contributed by atoms with Crippen molar-refractivity contribution in [1.29, 1.82) is 0 Å². The van der Waals surface area contributed by atoms with Gasteiger partial charge in [0, 0.05) is 32.6 Å². The zero-order valence-corrected chi connectivity index (χ0v) is 44.8. The molecule has 9 heteroatoms. The number of carbonyl (C=O) groups excluding carboxylic acids is 3. The molecular formula is C56H115N5O4. The van der Waals surface area contributed by atoms with Gasteiger partial charge in [-0.2, -0.15) is 0 Å². The zero-order valence-electron chi connectivity index (χ0n) is 44.8. The third-order valence-corrected chi connectivity index (χ3v) is 13.0. The van der Waals surface area contributed by atoms with Crippen LogP contribution in [0.25, 0.3) is 0 Å². The molecule has 9 nitrogen and oxygen atoms in total. The fraction of sp³-hybridized carbons (Fsp3) is 0.946. The van der Waals surface area contributed by atoms with Crippen LogP contribution in [0.15, 0.2) is 0 Å². The number of likely N-dealkylation sites (N-methyl/N-ethyl adjacent to an activating group) is 1. The normalized spacial score (nSPS) is 11.5. The van der Waals surface area contributed by atoms with Gasteiger partial charge in [0.2, 0.25) is 6.41 Å². The van der Waals surface area contributed by atoms with Gasteiger partial charge in [0.1, 0.15) is 6.29 Å². The van der Waals surface area contributed by atoms with Gasteiger partial charge in [-0.25, -0.2) is 0 Å². The van der Waals surface area contributed by atoms with E-state index in [2.05, 4.69) is 66.6 Å². The number of unbranched alkanes of at least 4 members (excludes halogenated alkanes) is 26. The molecule has 0 aromatic heterocycles. The molecule has 1 N–H and O–H groups in total. The highest BCUT2D eigenvalue weighted by Gasteiger charge is 2.11. The lowest BCUT2D eigenvalue weighted by Gasteiger charge is -2.27. The average molecular weight is 923 g/mol. The first-order valence-corrected chi connectivity index (χ1v) is 28.5. The van der Waals surface area contributed by atoms with Crippen LogP contribution in [0.5, 0.6) is 0 Å². The maximum atomic E-state index is 11.8. The monoisotopic (exact) mass is 922 g/mol. The van der Waals surface area contributed by atoms with Crippen LogP contribution in [0.3, 0.4) is 0 Å². The van der Waals surface area contributed by atoms with Gasteiger partial charge in [0.25, 0.3) is 0 Å². The number of nitrogens with one attached hydrogen (secondary N) is 1. The number of rotatable bonds is 53. The van der Waals surface area contributed by atoms with E-state index in [0.29, 0.717) is 26.1 Å². The van der Waals surface area contributed by atoms with Crippen LogP contribution in [-0.2, 0) is 19.1 Å². The van der Waals surface area contributed by atoms with E-state index in [9.17, 15) is 14.4 Å². The summed E-state index contributed by atoms with van der Waals surface area (Å²) >= 11 is 0. The number of carbonyl (C=O) groups is 3. The molecule has 0 saturated heterocycles. The fourth-order valence-electron chi connectivity index (χ4n) is 8.52. The Balaban J connectivity index is 0. The first-order chi connectivity index (χ1) is 31.9. The minimum absolute atomic E-state index is 0.0439. The number of ether oxygens (including phenoxy) is 1. The number of esters is 1. The van der Waals surface area contributed by atoms with E-state index in [4.69, 9.17) is 4.74 Å². The summed E-state index contributed by atoms with van der Waals surface area (Å²) in [6.45, 7) is 24.1. The Kier molecular flexibility index (Phi) is 57.2. The van der Waals surface area contributed by atoms with E-state index in [1.807, 2.05) is 0 Å². The Morgan fingerprint density at radius 2 is 0.754 bits per heavy atom. The van der Waals surface area contributed by atoms with E-state index >= 15 is 0 Å². The van der Waals surface area contributed by atoms with Crippen molar-refractivity contribution in [1.82, 2.24) is 24.9 Å². The number of hydrogen-bond acceptors (Lipinski definition) is 8. The van der Waals surface area contributed by atoms with Gasteiger partial charge in [0.15, 0.2) is 0 Å². The molecule has 0 atom stereocenters. The maximum absolute atomic E-state index is 11.8. The van der Waals surface area contributed by atoms with Crippen LogP contribution in [0.1, 0.15) is 253 Å². The lowest BCUT2D eigenvalue weighted by atomic mass is 10.1. The quantitative estimate of drug-likeness (QED) is 0.0367. The van der Waals surface area contributed by atoms with Gasteiger partial charge in [-0.15, -0.1) is 0 Å². The van der Waals surface area contributed by atoms with Gasteiger partial charge < -0.3 is 29.5 Å². The molecule has 0 radical (unpaired) electrons. The molecule has 0 aromatic carbocycles. The molecule has 0 aliphatic rings. The van der Waals surface area contributed by atoms with Crippen molar-refractivity contribution >= 4 is 18.7 Å². The van der Waals surface area contributed by atoms with Crippen LogP contribution in [0.4, 0.5) is 0 Å². The van der Waals surface area contributed by atoms with E-state index in [-0.39, 0.29) is 5.97 Å². The van der Waals surface area contributed by atoms with Crippen molar-refractivity contribution < 1.29 is 19.1 Å². The van der Waals surface area contributed by atoms with Gasteiger partial charge >= 0.3 is 5.97 Å². The number of hydrogen-bond donors (Lipinski definition) is 1. The Morgan fingerprint density at radius 1 is 0.400 bits per heavy atom. The van der Waals surface area contributed by atoms with Crippen molar-refractivity contribution in [3.8, 4) is 0 Å². The van der Waals surface area contributed by atoms with Crippen molar-refractivity contribution in [2.75, 3.05) is 92.2 Å². The van der Waals surface area contributed by atoms with Crippen molar-refractivity contribution in [3.05, 3.63) is 0 Å². The first-order valence-electron chi connectivity index (χ1n) is 28.5. The Hall–Kier alpha value is -1.55. The average Bonchev–Trinajstić information content (AvgIpc) is 3.30. The predicted octanol–water partition coefficient (Wildman–Crippen LogP) is 13.7. The Labute approximate surface area is 406 Å². The molecule has 0 heterocycles. The highest BCUT2D eigenvalue weighted by atomic mass is 16.5. The van der Waals surface area contributed by atoms with E-state index in [1.165, 1.54) is 193 Å². The van der Waals surface area contributed by atoms with Crippen molar-refractivity contribution in [3.63, 3.8) is 0 Å². The molecule has 65 heavy (non-hydrogen) atoms. The van der Waals surface area contributed by atoms with Gasteiger partial charge in [-0.1, -0.05) is 195 Å². The van der Waals surface area contributed by atoms with E-state index < -0.39 is 0 Å². The van der Waals surface area contributed by atoms with Crippen molar-refractivity contribution in [2.45, 2.75) is 253 Å². The molecule has 0 unspecified atom stereocenters. The standard InChI is InChI=1S/C31H64N2O.C25H51N3O3/c1-4-7-10-13-16-19-22-25-32(26-23-20-17-14-11-8-5-2)28-29-33(30-31-34)27-24-21-18-15-12-9-6-3;1-4-6-8-9-10-11-13-19-28(21-15-18-27(3)22-17-26-24-29)20-14-12-16-25(30)31-23-7-5-2/h31H,4-30H2,1-3H3;24H,4-23H2,1-3H3,(H,26,29). The second-order valence-corrected chi connectivity index (χ2v) is 19.4. The molecule has 0 aromatic rings. The summed E-state index contributed by atoms with van der Waals surface area (Å²) in [7, 11) is 2.11. The summed E-state index contributed by atoms with van der Waals surface area (Å²) in [5.74, 6) is -0.0439. The van der Waals surface area contributed by atoms with Gasteiger partial charge in [0.05, 0.1) is 13.2 Å². The fourth-order valence-corrected chi connectivity index (χ4v) is 8.52. The van der Waals surface area contributed by atoms with Gasteiger partial charge in [-0.3, -0.25) is 14.5 Å². The van der Waals surface area contributed by atoms with Crippen LogP contribution >= 0.6 is 0 Å². The van der Waals surface area contributed by atoms with Crippen LogP contribution in [0.2, 0.25) is 0 Å². The predicted molar refractivity (Wildman–Crippen MR) is 283 cm³/mol. The largest absolute Gasteiger partial charge is 0.466 e. The summed E-state index contributed by atoms with van der Waals surface area (Å²) < 4.78 is 5.26. The minimum Gasteiger partial charge on any atom is -0.466 e. The summed E-state index contributed by atoms with van der Waals surface area (Å²) in [5, 5.41) is 2.72. The van der Waals surface area contributed by atoms with Crippen LogP contribution in [0, 0.1) is 0 Å². The molecule has 1 amide bonds. The van der Waals surface area contributed by atoms with E-state index in [0.717, 1.165) is 97.2 Å². The smallest absolute Gasteiger partial charge is 0.305 e. The highest BCUT2D eigenvalue weighted by molar-refractivity contribution is 5.69. The number of nitrogens with zero attached hydrogens (tertiary/aromatic N) is 4. The second kappa shape index (κ2) is 56.8. The summed E-state index contributed by atoms with van der Waals surface area (Å²) in [4.78, 5) is 43.3. The van der Waals surface area contributed by atoms with Gasteiger partial charge in [-0.05, 0) is 104 Å². The molecule has 0 fully saturated rings. The second-order valence-electron chi connectivity index (χ2n) is 19.4. The number of amides is 1. The molecule has 0 bridgehead atoms. The topological polar surface area (TPSA) is 85.4 Å². The van der Waals surface area contributed by atoms with Crippen molar-refractivity contribution in [2.24, 2.45) is 0 Å². The minimum atomic E-state index is -0.0439. The number of aldehydes is 1. The zero-order chi connectivity index (χ0) is 47.9. The molecule has 0 rings (SSSR count). The summed E-state index contributed by atoms with van der Waals surface area (Å²) in [6.07, 6.45) is 45.7. The first kappa shape index (κ1) is 65.5. The van der Waals surface area contributed by atoms with Crippen LogP contribution in [-0.4, -0.2) is 130 Å². The Bertz CT molecular complexity index is 924. The molecular weight excluding hydrogens is 807 g/mol. The maximum Gasteiger partial charge on any atom is 0.305 e. The van der Waals surface area contributed by atoms with E-state index in [1.54, 1.807) is 0 Å². The lowest BCUT2D eigenvalue weighted by molar-refractivity contribution is -0.143. The SMILES string of the molecule is CCCCCCCCCN(CC=O)CCN(CCCCCCCCC)CCCCCCCCC.CCCCCCCCCN(CCCCC(=O)OCCCC)CCCN(C)CCNC=O. The molecule has 0 aliphatic carbocycles. The molecule has 388 valence electrons. The third kappa shape index (κ3) is 53.3. The molecule has 0 aliphatic heterocycles. The summed E-state index contributed by atoms with van der Waals surface area (Å²) in [5.41, 5.74) is 0. The van der Waals surface area contributed by atoms with Crippen LogP contribution < -0.4 is 5.32 Å². The summed E-state index contributed by atoms with van der Waals surface area (Å²) in [6, 6.07) is 0. The lowest BCUT2D eigenvalue weighted by Crippen LogP contribution is -2.37.